The smallest absolute Gasteiger partial charge is 0.420 e. The van der Waals surface area contributed by atoms with E-state index in [1.54, 1.807) is 0 Å². The molecule has 3 rings (SSSR count). The first-order valence-corrected chi connectivity index (χ1v) is 13.7. The summed E-state index contributed by atoms with van der Waals surface area (Å²) in [7, 11) is 0. The molecule has 0 aliphatic carbocycles. The minimum atomic E-state index is -4.60. The molecule has 8 nitrogen and oxygen atoms in total. The Balaban J connectivity index is 1.57. The molecule has 1 aromatic carbocycles. The second-order valence-electron chi connectivity index (χ2n) is 8.24. The summed E-state index contributed by atoms with van der Waals surface area (Å²) in [4.78, 5) is 43.0. The molecule has 2 heterocycles. The van der Waals surface area contributed by atoms with E-state index in [0.717, 1.165) is 61.3 Å². The van der Waals surface area contributed by atoms with E-state index in [-0.39, 0.29) is 46.2 Å². The second kappa shape index (κ2) is 13.6. The minimum absolute atomic E-state index is 0.0432. The lowest BCUT2D eigenvalue weighted by Crippen LogP contribution is -2.35. The summed E-state index contributed by atoms with van der Waals surface area (Å²) in [6.07, 6.45) is 1.09. The number of carbonyl (C=O) groups is 3. The number of aliphatic imine (C=N–C) groups is 1. The topological polar surface area (TPSA) is 110 Å². The highest BCUT2D eigenvalue weighted by molar-refractivity contribution is 8.14. The molecule has 200 valence electrons. The number of nitrogens with zero attached hydrogens (tertiary/aromatic N) is 2. The molecule has 0 spiro atoms. The number of halogens is 3. The molecule has 1 aliphatic rings. The van der Waals surface area contributed by atoms with Crippen molar-refractivity contribution in [2.45, 2.75) is 58.0 Å². The van der Waals surface area contributed by atoms with Crippen LogP contribution in [0.25, 0.3) is 0 Å². The van der Waals surface area contributed by atoms with E-state index in [2.05, 4.69) is 27.5 Å². The van der Waals surface area contributed by atoms with Gasteiger partial charge in [0.25, 0.3) is 5.91 Å². The van der Waals surface area contributed by atoms with Crippen molar-refractivity contribution in [3.05, 3.63) is 34.8 Å². The van der Waals surface area contributed by atoms with Gasteiger partial charge in [-0.05, 0) is 24.6 Å². The molecule has 0 saturated heterocycles. The van der Waals surface area contributed by atoms with Gasteiger partial charge in [0.05, 0.1) is 17.9 Å². The Hall–Kier alpha value is -2.93. The Kier molecular flexibility index (Phi) is 10.5. The number of Topliss-reactive ketones (excluding diaryl/α,β-unsaturated/α-hetero) is 1. The van der Waals surface area contributed by atoms with Crippen molar-refractivity contribution in [3.8, 4) is 5.75 Å². The summed E-state index contributed by atoms with van der Waals surface area (Å²) < 4.78 is 46.4. The van der Waals surface area contributed by atoms with Crippen molar-refractivity contribution >= 4 is 56.7 Å². The predicted octanol–water partition coefficient (Wildman–Crippen LogP) is 5.96. The van der Waals surface area contributed by atoms with Gasteiger partial charge in [0, 0.05) is 11.1 Å². The number of nitrogens with one attached hydrogen (secondary N) is 2. The fourth-order valence-corrected chi connectivity index (χ4v) is 4.86. The van der Waals surface area contributed by atoms with Gasteiger partial charge < -0.3 is 15.4 Å². The third kappa shape index (κ3) is 9.15. The van der Waals surface area contributed by atoms with Crippen LogP contribution in [0.2, 0.25) is 0 Å². The van der Waals surface area contributed by atoms with Gasteiger partial charge in [-0.3, -0.25) is 14.4 Å². The summed E-state index contributed by atoms with van der Waals surface area (Å²) in [5.74, 6) is -1.82. The highest BCUT2D eigenvalue weighted by Gasteiger charge is 2.35. The molecule has 0 bridgehead atoms. The van der Waals surface area contributed by atoms with E-state index < -0.39 is 29.3 Å². The van der Waals surface area contributed by atoms with Crippen LogP contribution >= 0.6 is 23.1 Å². The van der Waals surface area contributed by atoms with Gasteiger partial charge in [-0.25, -0.2) is 4.98 Å². The van der Waals surface area contributed by atoms with Crippen LogP contribution in [-0.4, -0.2) is 40.1 Å². The highest BCUT2D eigenvalue weighted by atomic mass is 32.2. The molecule has 37 heavy (non-hydrogen) atoms. The number of amidine groups is 1. The maximum atomic E-state index is 13.7. The summed E-state index contributed by atoms with van der Waals surface area (Å²) in [6, 6.07) is 3.70. The number of aromatic nitrogens is 1. The third-order valence-corrected chi connectivity index (χ3v) is 6.84. The Bertz CT molecular complexity index is 1150. The molecule has 0 saturated carbocycles. The number of ketones is 1. The first kappa shape index (κ1) is 28.6. The lowest BCUT2D eigenvalue weighted by atomic mass is 10.1. The number of rotatable bonds is 13. The van der Waals surface area contributed by atoms with Crippen LogP contribution in [0, 0.1) is 0 Å². The zero-order valence-electron chi connectivity index (χ0n) is 20.2. The van der Waals surface area contributed by atoms with Crippen molar-refractivity contribution in [1.29, 1.82) is 0 Å². The maximum absolute atomic E-state index is 13.7. The average molecular weight is 557 g/mol. The monoisotopic (exact) mass is 556 g/mol. The average Bonchev–Trinajstić information content (AvgIpc) is 3.30. The molecule has 1 aliphatic heterocycles. The normalized spacial score (nSPS) is 13.8. The lowest BCUT2D eigenvalue weighted by molar-refractivity contribution is -0.139. The van der Waals surface area contributed by atoms with Gasteiger partial charge in [-0.15, -0.1) is 11.3 Å². The van der Waals surface area contributed by atoms with Gasteiger partial charge in [0.15, 0.2) is 16.1 Å². The van der Waals surface area contributed by atoms with Gasteiger partial charge in [0.2, 0.25) is 5.91 Å². The number of anilines is 2. The fourth-order valence-electron chi connectivity index (χ4n) is 3.36. The molecule has 0 unspecified atom stereocenters. The molecule has 13 heteroatoms. The molecule has 0 fully saturated rings. The van der Waals surface area contributed by atoms with Crippen LogP contribution in [-0.2, 0) is 15.8 Å². The van der Waals surface area contributed by atoms with E-state index in [0.29, 0.717) is 6.42 Å². The number of unbranched alkanes of at least 4 members (excludes halogenated alkanes) is 5. The number of hydrogen-bond donors (Lipinski definition) is 2. The van der Waals surface area contributed by atoms with Crippen molar-refractivity contribution < 1.29 is 32.3 Å². The van der Waals surface area contributed by atoms with Crippen LogP contribution in [0.4, 0.5) is 24.0 Å². The fraction of sp³-hybridized carbons (Fsp3) is 0.458. The van der Waals surface area contributed by atoms with Gasteiger partial charge in [0.1, 0.15) is 17.9 Å². The number of alkyl halides is 3. The second-order valence-corrected chi connectivity index (χ2v) is 10.1. The lowest BCUT2D eigenvalue weighted by Gasteiger charge is -2.15. The number of benzene rings is 1. The summed E-state index contributed by atoms with van der Waals surface area (Å²) in [6.45, 7) is 2.33. The third-order valence-electron chi connectivity index (χ3n) is 5.21. The van der Waals surface area contributed by atoms with E-state index in [4.69, 9.17) is 4.74 Å². The predicted molar refractivity (Wildman–Crippen MR) is 138 cm³/mol. The standard InChI is InChI=1S/C24H27F3N4O4S2/c1-2-3-4-5-6-7-10-35-19-9-8-15(11-16(19)24(25,26)27)28-22-29-17(13-36-22)18(32)14-37-23-30-20(33)12-21(34)31-23/h8-9,11,13H,2-7,10,12,14H2,1H3,(H,28,29)(H,30,31,33,34). The Morgan fingerprint density at radius 2 is 1.95 bits per heavy atom. The van der Waals surface area contributed by atoms with Crippen molar-refractivity contribution in [2.75, 3.05) is 17.7 Å². The highest BCUT2D eigenvalue weighted by Crippen LogP contribution is 2.38. The number of thioether (sulfide) groups is 1. The molecular formula is C24H27F3N4O4S2. The molecule has 2 N–H and O–H groups in total. The molecule has 2 amide bonds. The van der Waals surface area contributed by atoms with E-state index in [1.165, 1.54) is 17.5 Å². The SMILES string of the molecule is CCCCCCCCOc1ccc(Nc2nc(C(=O)CSC3=NC(=O)CC(=O)N3)cs2)cc1C(F)(F)F. The summed E-state index contributed by atoms with van der Waals surface area (Å²) >= 11 is 1.95. The first-order valence-electron chi connectivity index (χ1n) is 11.8. The number of thiazole rings is 1. The first-order chi connectivity index (χ1) is 17.7. The van der Waals surface area contributed by atoms with Gasteiger partial charge in [-0.1, -0.05) is 50.8 Å². The zero-order chi connectivity index (χ0) is 26.8. The molecule has 2 aromatic rings. The van der Waals surface area contributed by atoms with E-state index in [9.17, 15) is 27.6 Å². The molecule has 0 atom stereocenters. The quantitative estimate of drug-likeness (QED) is 0.178. The molecule has 1 aromatic heterocycles. The van der Waals surface area contributed by atoms with E-state index >= 15 is 0 Å². The van der Waals surface area contributed by atoms with Gasteiger partial charge in [-0.2, -0.15) is 18.2 Å². The molecule has 0 radical (unpaired) electrons. The van der Waals surface area contributed by atoms with Crippen molar-refractivity contribution in [1.82, 2.24) is 10.3 Å². The maximum Gasteiger partial charge on any atom is 0.420 e. The minimum Gasteiger partial charge on any atom is -0.493 e. The Morgan fingerprint density at radius 1 is 1.19 bits per heavy atom. The summed E-state index contributed by atoms with van der Waals surface area (Å²) in [5, 5.41) is 6.96. The molecular weight excluding hydrogens is 529 g/mol. The number of hydrogen-bond acceptors (Lipinski definition) is 8. The summed E-state index contributed by atoms with van der Waals surface area (Å²) in [5.41, 5.74) is -0.638. The van der Waals surface area contributed by atoms with Crippen LogP contribution in [0.5, 0.6) is 5.75 Å². The van der Waals surface area contributed by atoms with Crippen molar-refractivity contribution in [2.24, 2.45) is 4.99 Å². The van der Waals surface area contributed by atoms with Crippen LogP contribution in [0.1, 0.15) is 67.9 Å². The number of amides is 2. The van der Waals surface area contributed by atoms with Crippen LogP contribution in [0.3, 0.4) is 0 Å². The van der Waals surface area contributed by atoms with Gasteiger partial charge >= 0.3 is 6.18 Å². The number of ether oxygens (including phenoxy) is 1. The van der Waals surface area contributed by atoms with Crippen LogP contribution < -0.4 is 15.4 Å². The number of carbonyl (C=O) groups excluding carboxylic acids is 3. The zero-order valence-corrected chi connectivity index (χ0v) is 21.8. The van der Waals surface area contributed by atoms with E-state index in [1.807, 2.05) is 0 Å². The largest absolute Gasteiger partial charge is 0.493 e. The van der Waals surface area contributed by atoms with Crippen LogP contribution in [0.15, 0.2) is 28.6 Å². The Labute approximate surface area is 220 Å². The Morgan fingerprint density at radius 3 is 2.68 bits per heavy atom. The van der Waals surface area contributed by atoms with Crippen molar-refractivity contribution in [3.63, 3.8) is 0 Å².